The molecule has 1 aliphatic carbocycles. The van der Waals surface area contributed by atoms with Gasteiger partial charge in [-0.3, -0.25) is 4.99 Å². The van der Waals surface area contributed by atoms with Crippen molar-refractivity contribution >= 4 is 22.6 Å². The van der Waals surface area contributed by atoms with E-state index in [4.69, 9.17) is 4.99 Å². The summed E-state index contributed by atoms with van der Waals surface area (Å²) >= 11 is 1.91. The Balaban J connectivity index is 1.69. The van der Waals surface area contributed by atoms with Crippen molar-refractivity contribution in [1.29, 1.82) is 0 Å². The Kier molecular flexibility index (Phi) is 3.83. The van der Waals surface area contributed by atoms with Gasteiger partial charge in [0.2, 0.25) is 0 Å². The lowest BCUT2D eigenvalue weighted by Crippen LogP contribution is -2.30. The smallest absolute Gasteiger partial charge is 0.161 e. The molecule has 2 nitrogen and oxygen atoms in total. The number of para-hydroxylation sites is 1. The van der Waals surface area contributed by atoms with Gasteiger partial charge in [0.25, 0.3) is 0 Å². The lowest BCUT2D eigenvalue weighted by Gasteiger charge is -2.31. The van der Waals surface area contributed by atoms with Crippen LogP contribution in [-0.2, 0) is 6.42 Å². The van der Waals surface area contributed by atoms with Crippen LogP contribution in [0.4, 0.5) is 5.69 Å². The molecular formula is C16H22N2S. The summed E-state index contributed by atoms with van der Waals surface area (Å²) < 4.78 is 0. The molecule has 19 heavy (non-hydrogen) atoms. The monoisotopic (exact) mass is 274 g/mol. The molecule has 3 rings (SSSR count). The molecule has 0 unspecified atom stereocenters. The van der Waals surface area contributed by atoms with Gasteiger partial charge in [0.1, 0.15) is 0 Å². The van der Waals surface area contributed by atoms with Crippen molar-refractivity contribution in [2.24, 2.45) is 10.4 Å². The van der Waals surface area contributed by atoms with Crippen LogP contribution in [0.3, 0.4) is 0 Å². The van der Waals surface area contributed by atoms with Gasteiger partial charge < -0.3 is 5.32 Å². The van der Waals surface area contributed by atoms with Crippen LogP contribution in [0.5, 0.6) is 0 Å². The highest BCUT2D eigenvalue weighted by atomic mass is 32.2. The molecule has 1 heterocycles. The van der Waals surface area contributed by atoms with Gasteiger partial charge in [0.15, 0.2) is 5.17 Å². The molecule has 1 saturated carbocycles. The average molecular weight is 274 g/mol. The number of anilines is 1. The second-order valence-electron chi connectivity index (χ2n) is 5.75. The topological polar surface area (TPSA) is 24.4 Å². The molecule has 1 aromatic rings. The van der Waals surface area contributed by atoms with Crippen LogP contribution in [0, 0.1) is 5.41 Å². The number of aliphatic imine (C=N–C) groups is 1. The van der Waals surface area contributed by atoms with E-state index in [1.54, 1.807) is 0 Å². The summed E-state index contributed by atoms with van der Waals surface area (Å²) in [4.78, 5) is 4.80. The fourth-order valence-electron chi connectivity index (χ4n) is 3.12. The maximum absolute atomic E-state index is 4.80. The first-order valence-electron chi connectivity index (χ1n) is 7.33. The second-order valence-corrected chi connectivity index (χ2v) is 6.72. The number of hydrogen-bond donors (Lipinski definition) is 1. The summed E-state index contributed by atoms with van der Waals surface area (Å²) in [6.45, 7) is 3.22. The van der Waals surface area contributed by atoms with Crippen LogP contribution >= 0.6 is 11.8 Å². The van der Waals surface area contributed by atoms with E-state index in [-0.39, 0.29) is 0 Å². The van der Waals surface area contributed by atoms with Crippen molar-refractivity contribution in [2.45, 2.75) is 39.0 Å². The molecule has 0 amide bonds. The van der Waals surface area contributed by atoms with Gasteiger partial charge >= 0.3 is 0 Å². The van der Waals surface area contributed by atoms with Gasteiger partial charge in [-0.1, -0.05) is 49.7 Å². The van der Waals surface area contributed by atoms with Crippen molar-refractivity contribution in [1.82, 2.24) is 0 Å². The van der Waals surface area contributed by atoms with Gasteiger partial charge in [-0.25, -0.2) is 0 Å². The van der Waals surface area contributed by atoms with E-state index >= 15 is 0 Å². The number of thioether (sulfide) groups is 1. The Morgan fingerprint density at radius 2 is 2.05 bits per heavy atom. The Morgan fingerprint density at radius 3 is 2.74 bits per heavy atom. The van der Waals surface area contributed by atoms with E-state index in [9.17, 15) is 0 Å². The second kappa shape index (κ2) is 5.58. The predicted molar refractivity (Wildman–Crippen MR) is 85.1 cm³/mol. The quantitative estimate of drug-likeness (QED) is 0.868. The van der Waals surface area contributed by atoms with Crippen molar-refractivity contribution in [3.8, 4) is 0 Å². The van der Waals surface area contributed by atoms with Gasteiger partial charge in [0.05, 0.1) is 0 Å². The summed E-state index contributed by atoms with van der Waals surface area (Å²) in [5.74, 6) is 1.24. The average Bonchev–Trinajstić information content (AvgIpc) is 2.91. The Hall–Kier alpha value is -0.960. The highest BCUT2D eigenvalue weighted by Gasteiger charge is 2.36. The molecular weight excluding hydrogens is 252 g/mol. The number of hydrogen-bond acceptors (Lipinski definition) is 3. The van der Waals surface area contributed by atoms with Crippen LogP contribution in [0.2, 0.25) is 0 Å². The van der Waals surface area contributed by atoms with Gasteiger partial charge in [-0.05, 0) is 36.3 Å². The van der Waals surface area contributed by atoms with E-state index < -0.39 is 0 Å². The lowest BCUT2D eigenvalue weighted by atomic mass is 9.89. The minimum Gasteiger partial charge on any atom is -0.335 e. The molecule has 1 aromatic carbocycles. The van der Waals surface area contributed by atoms with E-state index in [0.717, 1.165) is 18.1 Å². The third-order valence-corrected chi connectivity index (χ3v) is 5.64. The van der Waals surface area contributed by atoms with Crippen molar-refractivity contribution < 1.29 is 0 Å². The zero-order chi connectivity index (χ0) is 13.1. The molecule has 2 aliphatic rings. The van der Waals surface area contributed by atoms with Crippen molar-refractivity contribution in [3.05, 3.63) is 29.8 Å². The molecule has 0 aromatic heterocycles. The number of rotatable bonds is 2. The molecule has 0 bridgehead atoms. The summed E-state index contributed by atoms with van der Waals surface area (Å²) in [5, 5.41) is 4.63. The van der Waals surface area contributed by atoms with E-state index in [1.165, 1.54) is 42.7 Å². The largest absolute Gasteiger partial charge is 0.335 e. The molecule has 1 N–H and O–H groups in total. The van der Waals surface area contributed by atoms with Crippen LogP contribution in [0.25, 0.3) is 0 Å². The van der Waals surface area contributed by atoms with E-state index in [0.29, 0.717) is 5.41 Å². The first kappa shape index (κ1) is 13.0. The first-order chi connectivity index (χ1) is 9.31. The molecule has 0 radical (unpaired) electrons. The molecule has 0 saturated heterocycles. The number of aryl methyl sites for hydroxylation is 1. The SMILES string of the molecule is CCc1ccccc1NC1=NCC2(CCCC2)CS1. The minimum absolute atomic E-state index is 0.528. The lowest BCUT2D eigenvalue weighted by molar-refractivity contribution is 0.359. The third-order valence-electron chi connectivity index (χ3n) is 4.38. The Morgan fingerprint density at radius 1 is 1.26 bits per heavy atom. The van der Waals surface area contributed by atoms with Crippen LogP contribution in [-0.4, -0.2) is 17.5 Å². The van der Waals surface area contributed by atoms with Gasteiger partial charge in [0, 0.05) is 18.0 Å². The van der Waals surface area contributed by atoms with Crippen LogP contribution < -0.4 is 5.32 Å². The normalized spacial score (nSPS) is 21.4. The van der Waals surface area contributed by atoms with Gasteiger partial charge in [-0.15, -0.1) is 0 Å². The first-order valence-corrected chi connectivity index (χ1v) is 8.32. The standard InChI is InChI=1S/C16H22N2S/c1-2-13-7-3-4-8-14(13)18-15-17-11-16(12-19-15)9-5-6-10-16/h3-4,7-8H,2,5-6,9-12H2,1H3,(H,17,18). The Bertz CT molecular complexity index is 475. The molecule has 1 aliphatic heterocycles. The summed E-state index contributed by atoms with van der Waals surface area (Å²) in [6.07, 6.45) is 6.62. The van der Waals surface area contributed by atoms with Crippen molar-refractivity contribution in [2.75, 3.05) is 17.6 Å². The maximum Gasteiger partial charge on any atom is 0.161 e. The molecule has 1 fully saturated rings. The molecule has 0 atom stereocenters. The van der Waals surface area contributed by atoms with Crippen molar-refractivity contribution in [3.63, 3.8) is 0 Å². The van der Waals surface area contributed by atoms with Crippen LogP contribution in [0.15, 0.2) is 29.3 Å². The Labute approximate surface area is 120 Å². The molecule has 1 spiro atoms. The van der Waals surface area contributed by atoms with Crippen LogP contribution in [0.1, 0.15) is 38.2 Å². The molecule has 3 heteroatoms. The van der Waals surface area contributed by atoms with E-state index in [2.05, 4.69) is 36.5 Å². The number of benzene rings is 1. The highest BCUT2D eigenvalue weighted by Crippen LogP contribution is 2.43. The van der Waals surface area contributed by atoms with E-state index in [1.807, 2.05) is 11.8 Å². The predicted octanol–water partition coefficient (Wildman–Crippen LogP) is 4.32. The zero-order valence-electron chi connectivity index (χ0n) is 11.6. The molecule has 102 valence electrons. The zero-order valence-corrected chi connectivity index (χ0v) is 12.4. The fraction of sp³-hybridized carbons (Fsp3) is 0.562. The summed E-state index contributed by atoms with van der Waals surface area (Å²) in [6, 6.07) is 8.54. The summed E-state index contributed by atoms with van der Waals surface area (Å²) in [5.41, 5.74) is 3.12. The maximum atomic E-state index is 4.80. The highest BCUT2D eigenvalue weighted by molar-refractivity contribution is 8.14. The third kappa shape index (κ3) is 2.81. The number of nitrogens with zero attached hydrogens (tertiary/aromatic N) is 1. The number of amidine groups is 1. The number of nitrogens with one attached hydrogen (secondary N) is 1. The fourth-order valence-corrected chi connectivity index (χ4v) is 4.28. The van der Waals surface area contributed by atoms with Gasteiger partial charge in [-0.2, -0.15) is 0 Å². The minimum atomic E-state index is 0.528. The summed E-state index contributed by atoms with van der Waals surface area (Å²) in [7, 11) is 0.